The number of ether oxygens (including phenoxy) is 2. The van der Waals surface area contributed by atoms with Crippen LogP contribution in [-0.4, -0.2) is 14.2 Å². The van der Waals surface area contributed by atoms with Gasteiger partial charge in [-0.3, -0.25) is 0 Å². The van der Waals surface area contributed by atoms with Crippen molar-refractivity contribution in [1.29, 1.82) is 0 Å². The summed E-state index contributed by atoms with van der Waals surface area (Å²) in [4.78, 5) is 0. The molecule has 0 bridgehead atoms. The summed E-state index contributed by atoms with van der Waals surface area (Å²) in [6.07, 6.45) is 0. The van der Waals surface area contributed by atoms with Gasteiger partial charge in [-0.25, -0.2) is 4.39 Å². The van der Waals surface area contributed by atoms with Crippen LogP contribution in [0.15, 0.2) is 36.4 Å². The first kappa shape index (κ1) is 14.3. The van der Waals surface area contributed by atoms with Crippen molar-refractivity contribution >= 4 is 0 Å². The van der Waals surface area contributed by atoms with Crippen LogP contribution in [0.2, 0.25) is 0 Å². The quantitative estimate of drug-likeness (QED) is 0.932. The maximum atomic E-state index is 14.1. The van der Waals surface area contributed by atoms with Crippen LogP contribution in [0.25, 0.3) is 0 Å². The Hall–Kier alpha value is -2.07. The molecule has 0 saturated heterocycles. The van der Waals surface area contributed by atoms with E-state index in [1.54, 1.807) is 19.2 Å². The Kier molecular flexibility index (Phi) is 4.25. The fourth-order valence-corrected chi connectivity index (χ4v) is 2.18. The van der Waals surface area contributed by atoms with Gasteiger partial charge in [-0.2, -0.15) is 0 Å². The van der Waals surface area contributed by atoms with Crippen molar-refractivity contribution in [3.05, 3.63) is 58.9 Å². The molecule has 0 aliphatic rings. The highest BCUT2D eigenvalue weighted by Gasteiger charge is 2.16. The molecule has 3 nitrogen and oxygen atoms in total. The van der Waals surface area contributed by atoms with Crippen molar-refractivity contribution in [3.63, 3.8) is 0 Å². The molecule has 0 saturated carbocycles. The van der Waals surface area contributed by atoms with Crippen LogP contribution in [0, 0.1) is 12.7 Å². The normalized spacial score (nSPS) is 12.1. The lowest BCUT2D eigenvalue weighted by atomic mass is 9.95. The maximum Gasteiger partial charge on any atom is 0.132 e. The molecule has 4 heteroatoms. The fourth-order valence-electron chi connectivity index (χ4n) is 2.18. The van der Waals surface area contributed by atoms with Gasteiger partial charge in [0.2, 0.25) is 0 Å². The minimum absolute atomic E-state index is 0.368. The third-order valence-electron chi connectivity index (χ3n) is 3.35. The number of methoxy groups -OCH3 is 2. The smallest absolute Gasteiger partial charge is 0.132 e. The second-order valence-electron chi connectivity index (χ2n) is 4.59. The zero-order valence-corrected chi connectivity index (χ0v) is 11.8. The zero-order valence-electron chi connectivity index (χ0n) is 11.8. The van der Waals surface area contributed by atoms with Gasteiger partial charge in [-0.05, 0) is 36.2 Å². The first-order chi connectivity index (χ1) is 9.56. The van der Waals surface area contributed by atoms with E-state index < -0.39 is 6.04 Å². The SMILES string of the molecule is COc1ccc(C(N)c2ccc(OC)cc2F)c(C)c1. The van der Waals surface area contributed by atoms with Crippen molar-refractivity contribution in [2.75, 3.05) is 14.2 Å². The maximum absolute atomic E-state index is 14.1. The van der Waals surface area contributed by atoms with Crippen molar-refractivity contribution < 1.29 is 13.9 Å². The third-order valence-corrected chi connectivity index (χ3v) is 3.35. The molecule has 0 radical (unpaired) electrons. The number of hydrogen-bond acceptors (Lipinski definition) is 3. The van der Waals surface area contributed by atoms with Gasteiger partial charge in [0.25, 0.3) is 0 Å². The van der Waals surface area contributed by atoms with E-state index in [2.05, 4.69) is 0 Å². The lowest BCUT2D eigenvalue weighted by Crippen LogP contribution is -2.15. The summed E-state index contributed by atoms with van der Waals surface area (Å²) in [6.45, 7) is 1.93. The van der Waals surface area contributed by atoms with Gasteiger partial charge in [0, 0.05) is 11.6 Å². The van der Waals surface area contributed by atoms with Crippen LogP contribution in [-0.2, 0) is 0 Å². The number of rotatable bonds is 4. The van der Waals surface area contributed by atoms with E-state index in [1.807, 2.05) is 25.1 Å². The van der Waals surface area contributed by atoms with Gasteiger partial charge in [0.1, 0.15) is 17.3 Å². The number of nitrogens with two attached hydrogens (primary N) is 1. The molecule has 2 rings (SSSR count). The summed E-state index contributed by atoms with van der Waals surface area (Å²) >= 11 is 0. The molecular formula is C16H18FNO2. The molecule has 0 aliphatic carbocycles. The van der Waals surface area contributed by atoms with Crippen molar-refractivity contribution in [2.24, 2.45) is 5.73 Å². The molecule has 2 aromatic carbocycles. The van der Waals surface area contributed by atoms with Gasteiger partial charge in [-0.15, -0.1) is 0 Å². The predicted molar refractivity (Wildman–Crippen MR) is 76.7 cm³/mol. The van der Waals surface area contributed by atoms with Crippen LogP contribution >= 0.6 is 0 Å². The Bertz CT molecular complexity index is 560. The van der Waals surface area contributed by atoms with Gasteiger partial charge < -0.3 is 15.2 Å². The summed E-state index contributed by atoms with van der Waals surface area (Å²) in [5, 5.41) is 0. The van der Waals surface area contributed by atoms with E-state index in [0.29, 0.717) is 11.3 Å². The molecule has 1 unspecified atom stereocenters. The summed E-state index contributed by atoms with van der Waals surface area (Å²) in [7, 11) is 3.11. The predicted octanol–water partition coefficient (Wildman–Crippen LogP) is 3.20. The highest BCUT2D eigenvalue weighted by Crippen LogP contribution is 2.28. The Morgan fingerprint density at radius 3 is 2.00 bits per heavy atom. The average Bonchev–Trinajstić information content (AvgIpc) is 2.46. The number of benzene rings is 2. The summed E-state index contributed by atoms with van der Waals surface area (Å²) < 4.78 is 24.2. The third kappa shape index (κ3) is 2.75. The zero-order chi connectivity index (χ0) is 14.7. The molecule has 2 aromatic rings. The monoisotopic (exact) mass is 275 g/mol. The standard InChI is InChI=1S/C16H18FNO2/c1-10-8-11(19-2)4-6-13(10)16(18)14-7-5-12(20-3)9-15(14)17/h4-9,16H,18H2,1-3H3. The van der Waals surface area contributed by atoms with Gasteiger partial charge in [0.05, 0.1) is 20.3 Å². The highest BCUT2D eigenvalue weighted by molar-refractivity contribution is 5.42. The minimum Gasteiger partial charge on any atom is -0.497 e. The Balaban J connectivity index is 2.38. The van der Waals surface area contributed by atoms with Crippen LogP contribution in [0.5, 0.6) is 11.5 Å². The van der Waals surface area contributed by atoms with E-state index in [1.165, 1.54) is 13.2 Å². The van der Waals surface area contributed by atoms with E-state index in [0.717, 1.165) is 16.9 Å². The average molecular weight is 275 g/mol. The second-order valence-corrected chi connectivity index (χ2v) is 4.59. The molecule has 0 fully saturated rings. The van der Waals surface area contributed by atoms with E-state index in [4.69, 9.17) is 15.2 Å². The number of aryl methyl sites for hydroxylation is 1. The lowest BCUT2D eigenvalue weighted by Gasteiger charge is -2.17. The molecule has 0 heterocycles. The van der Waals surface area contributed by atoms with E-state index in [9.17, 15) is 4.39 Å². The van der Waals surface area contributed by atoms with Crippen LogP contribution < -0.4 is 15.2 Å². The van der Waals surface area contributed by atoms with Crippen molar-refractivity contribution in [2.45, 2.75) is 13.0 Å². The first-order valence-corrected chi connectivity index (χ1v) is 6.30. The van der Waals surface area contributed by atoms with Crippen molar-refractivity contribution in [1.82, 2.24) is 0 Å². The molecule has 1 atom stereocenters. The fraction of sp³-hybridized carbons (Fsp3) is 0.250. The van der Waals surface area contributed by atoms with Crippen molar-refractivity contribution in [3.8, 4) is 11.5 Å². The summed E-state index contributed by atoms with van der Waals surface area (Å²) in [5.41, 5.74) is 8.46. The molecule has 106 valence electrons. The Morgan fingerprint density at radius 1 is 0.950 bits per heavy atom. The number of halogens is 1. The lowest BCUT2D eigenvalue weighted by molar-refractivity contribution is 0.410. The Labute approximate surface area is 118 Å². The molecule has 0 amide bonds. The van der Waals surface area contributed by atoms with Crippen LogP contribution in [0.1, 0.15) is 22.7 Å². The summed E-state index contributed by atoms with van der Waals surface area (Å²) in [6, 6.07) is 9.75. The van der Waals surface area contributed by atoms with Gasteiger partial charge >= 0.3 is 0 Å². The highest BCUT2D eigenvalue weighted by atomic mass is 19.1. The number of hydrogen-bond donors (Lipinski definition) is 1. The first-order valence-electron chi connectivity index (χ1n) is 6.30. The largest absolute Gasteiger partial charge is 0.497 e. The molecular weight excluding hydrogens is 257 g/mol. The van der Waals surface area contributed by atoms with E-state index >= 15 is 0 Å². The van der Waals surface area contributed by atoms with Gasteiger partial charge in [0.15, 0.2) is 0 Å². The molecule has 0 spiro atoms. The second kappa shape index (κ2) is 5.92. The molecule has 0 aromatic heterocycles. The van der Waals surface area contributed by atoms with E-state index in [-0.39, 0.29) is 5.82 Å². The molecule has 20 heavy (non-hydrogen) atoms. The molecule has 2 N–H and O–H groups in total. The van der Waals surface area contributed by atoms with Crippen LogP contribution in [0.3, 0.4) is 0 Å². The molecule has 0 aliphatic heterocycles. The van der Waals surface area contributed by atoms with Gasteiger partial charge in [-0.1, -0.05) is 12.1 Å². The topological polar surface area (TPSA) is 44.5 Å². The van der Waals surface area contributed by atoms with Crippen LogP contribution in [0.4, 0.5) is 4.39 Å². The Morgan fingerprint density at radius 2 is 1.50 bits per heavy atom. The summed E-state index contributed by atoms with van der Waals surface area (Å²) in [5.74, 6) is 0.866. The minimum atomic E-state index is -0.521.